The van der Waals surface area contributed by atoms with Crippen LogP contribution in [0.5, 0.6) is 0 Å². The Balaban J connectivity index is 0.00000420. The van der Waals surface area contributed by atoms with Gasteiger partial charge in [-0.05, 0) is 49.8 Å². The number of carbonyl (C=O) groups is 2. The number of amides is 2. The van der Waals surface area contributed by atoms with Crippen LogP contribution in [0.3, 0.4) is 0 Å². The number of hydrogen-bond donors (Lipinski definition) is 3. The van der Waals surface area contributed by atoms with Crippen molar-refractivity contribution in [1.82, 2.24) is 10.2 Å². The average Bonchev–Trinajstić information content (AvgIpc) is 2.71. The minimum atomic E-state index is -0.747. The smallest absolute Gasteiger partial charge is 0.251 e. The van der Waals surface area contributed by atoms with E-state index in [9.17, 15) is 9.59 Å². The van der Waals surface area contributed by atoms with Crippen molar-refractivity contribution in [3.63, 3.8) is 0 Å². The van der Waals surface area contributed by atoms with Gasteiger partial charge in [0, 0.05) is 24.3 Å². The molecule has 0 aliphatic heterocycles. The normalized spacial score (nSPS) is 11.1. The molecule has 0 saturated heterocycles. The molecule has 0 heterocycles. The fourth-order valence-electron chi connectivity index (χ4n) is 2.82. The SMILES string of the molecule is CCN(CC)CCNC(=O)c1ccc(NC(=O)C(N)c2ccc(C)cc2)cc1.Cl.Cl. The molecule has 30 heavy (non-hydrogen) atoms. The van der Waals surface area contributed by atoms with Gasteiger partial charge in [0.1, 0.15) is 6.04 Å². The molecule has 4 N–H and O–H groups in total. The highest BCUT2D eigenvalue weighted by Crippen LogP contribution is 2.15. The van der Waals surface area contributed by atoms with Gasteiger partial charge in [0.25, 0.3) is 5.91 Å². The van der Waals surface area contributed by atoms with Crippen molar-refractivity contribution in [3.8, 4) is 0 Å². The third-order valence-electron chi connectivity index (χ3n) is 4.74. The van der Waals surface area contributed by atoms with Crippen molar-refractivity contribution in [1.29, 1.82) is 0 Å². The summed E-state index contributed by atoms with van der Waals surface area (Å²) in [5.74, 6) is -0.415. The Kier molecular flexibility index (Phi) is 13.0. The van der Waals surface area contributed by atoms with Crippen LogP contribution in [0, 0.1) is 6.92 Å². The van der Waals surface area contributed by atoms with E-state index < -0.39 is 6.04 Å². The molecular weight excluding hydrogens is 423 g/mol. The van der Waals surface area contributed by atoms with E-state index in [0.717, 1.165) is 30.8 Å². The zero-order chi connectivity index (χ0) is 20.5. The minimum Gasteiger partial charge on any atom is -0.351 e. The summed E-state index contributed by atoms with van der Waals surface area (Å²) in [6.45, 7) is 9.54. The minimum absolute atomic E-state index is 0. The van der Waals surface area contributed by atoms with Gasteiger partial charge in [-0.3, -0.25) is 9.59 Å². The molecule has 2 aromatic rings. The Bertz CT molecular complexity index is 779. The van der Waals surface area contributed by atoms with E-state index >= 15 is 0 Å². The maximum atomic E-state index is 12.4. The van der Waals surface area contributed by atoms with Crippen molar-refractivity contribution in [2.24, 2.45) is 5.73 Å². The first kappa shape index (κ1) is 27.9. The van der Waals surface area contributed by atoms with Crippen molar-refractivity contribution in [3.05, 3.63) is 65.2 Å². The van der Waals surface area contributed by atoms with Gasteiger partial charge in [0.2, 0.25) is 5.91 Å². The number of carbonyl (C=O) groups excluding carboxylic acids is 2. The molecule has 0 saturated carbocycles. The van der Waals surface area contributed by atoms with Crippen LogP contribution < -0.4 is 16.4 Å². The van der Waals surface area contributed by atoms with E-state index in [1.165, 1.54) is 0 Å². The van der Waals surface area contributed by atoms with Crippen LogP contribution >= 0.6 is 24.8 Å². The molecule has 1 unspecified atom stereocenters. The molecule has 0 aliphatic rings. The molecule has 8 heteroatoms. The average molecular weight is 455 g/mol. The van der Waals surface area contributed by atoms with Crippen molar-refractivity contribution < 1.29 is 9.59 Å². The van der Waals surface area contributed by atoms with E-state index in [1.807, 2.05) is 31.2 Å². The number of nitrogens with zero attached hydrogens (tertiary/aromatic N) is 1. The predicted octanol–water partition coefficient (Wildman–Crippen LogP) is 3.55. The number of nitrogens with one attached hydrogen (secondary N) is 2. The summed E-state index contributed by atoms with van der Waals surface area (Å²) in [6, 6.07) is 13.6. The van der Waals surface area contributed by atoms with Gasteiger partial charge in [0.05, 0.1) is 0 Å². The highest BCUT2D eigenvalue weighted by atomic mass is 35.5. The Morgan fingerprint density at radius 2 is 1.53 bits per heavy atom. The van der Waals surface area contributed by atoms with Gasteiger partial charge in [-0.25, -0.2) is 0 Å². The van der Waals surface area contributed by atoms with Crippen molar-refractivity contribution in [2.75, 3.05) is 31.5 Å². The monoisotopic (exact) mass is 454 g/mol. The van der Waals surface area contributed by atoms with E-state index in [2.05, 4.69) is 29.4 Å². The maximum Gasteiger partial charge on any atom is 0.251 e. The van der Waals surface area contributed by atoms with Gasteiger partial charge >= 0.3 is 0 Å². The molecule has 1 atom stereocenters. The molecule has 0 aromatic heterocycles. The number of likely N-dealkylation sites (N-methyl/N-ethyl adjacent to an activating group) is 1. The summed E-state index contributed by atoms with van der Waals surface area (Å²) in [4.78, 5) is 26.8. The number of aryl methyl sites for hydroxylation is 1. The summed E-state index contributed by atoms with van der Waals surface area (Å²) in [7, 11) is 0. The number of halogens is 2. The quantitative estimate of drug-likeness (QED) is 0.540. The van der Waals surface area contributed by atoms with Crippen LogP contribution in [0.4, 0.5) is 5.69 Å². The second-order valence-electron chi connectivity index (χ2n) is 6.74. The largest absolute Gasteiger partial charge is 0.351 e. The first-order valence-electron chi connectivity index (χ1n) is 9.68. The molecule has 0 aliphatic carbocycles. The molecule has 2 rings (SSSR count). The topological polar surface area (TPSA) is 87.5 Å². The lowest BCUT2D eigenvalue weighted by molar-refractivity contribution is -0.117. The number of rotatable bonds is 9. The van der Waals surface area contributed by atoms with Gasteiger partial charge in [0.15, 0.2) is 0 Å². The zero-order valence-electron chi connectivity index (χ0n) is 17.7. The van der Waals surface area contributed by atoms with Gasteiger partial charge in [-0.1, -0.05) is 43.7 Å². The number of hydrogen-bond acceptors (Lipinski definition) is 4. The molecule has 6 nitrogen and oxygen atoms in total. The molecule has 0 fully saturated rings. The Labute approximate surface area is 191 Å². The molecule has 2 aromatic carbocycles. The third-order valence-corrected chi connectivity index (χ3v) is 4.74. The van der Waals surface area contributed by atoms with Gasteiger partial charge in [-0.2, -0.15) is 0 Å². The number of benzene rings is 2. The summed E-state index contributed by atoms with van der Waals surface area (Å²) in [6.07, 6.45) is 0. The number of anilines is 1. The lowest BCUT2D eigenvalue weighted by Crippen LogP contribution is -2.34. The third kappa shape index (κ3) is 8.32. The second-order valence-corrected chi connectivity index (χ2v) is 6.74. The number of nitrogens with two attached hydrogens (primary N) is 1. The molecule has 0 radical (unpaired) electrons. The van der Waals surface area contributed by atoms with Gasteiger partial charge in [-0.15, -0.1) is 24.8 Å². The van der Waals surface area contributed by atoms with E-state index in [4.69, 9.17) is 5.73 Å². The highest BCUT2D eigenvalue weighted by molar-refractivity contribution is 5.97. The Morgan fingerprint density at radius 1 is 0.967 bits per heavy atom. The Hall–Kier alpha value is -2.12. The fraction of sp³-hybridized carbons (Fsp3) is 0.364. The Morgan fingerprint density at radius 3 is 2.07 bits per heavy atom. The molecular formula is C22H32Cl2N4O2. The first-order valence-corrected chi connectivity index (χ1v) is 9.68. The molecule has 2 amide bonds. The summed E-state index contributed by atoms with van der Waals surface area (Å²) < 4.78 is 0. The van der Waals surface area contributed by atoms with Crippen LogP contribution in [-0.2, 0) is 4.79 Å². The molecule has 166 valence electrons. The lowest BCUT2D eigenvalue weighted by atomic mass is 10.1. The van der Waals surface area contributed by atoms with Crippen LogP contribution in [0.1, 0.15) is 41.4 Å². The maximum absolute atomic E-state index is 12.4. The summed E-state index contributed by atoms with van der Waals surface area (Å²) in [5.41, 5.74) is 9.07. The van der Waals surface area contributed by atoms with E-state index in [-0.39, 0.29) is 36.6 Å². The van der Waals surface area contributed by atoms with Crippen LogP contribution in [0.25, 0.3) is 0 Å². The van der Waals surface area contributed by atoms with Crippen LogP contribution in [0.15, 0.2) is 48.5 Å². The van der Waals surface area contributed by atoms with Crippen molar-refractivity contribution >= 4 is 42.3 Å². The van der Waals surface area contributed by atoms with E-state index in [1.54, 1.807) is 24.3 Å². The lowest BCUT2D eigenvalue weighted by Gasteiger charge is -2.18. The summed E-state index contributed by atoms with van der Waals surface area (Å²) in [5, 5.41) is 5.71. The second kappa shape index (κ2) is 14.0. The van der Waals surface area contributed by atoms with Gasteiger partial charge < -0.3 is 21.3 Å². The molecule has 0 bridgehead atoms. The zero-order valence-corrected chi connectivity index (χ0v) is 19.3. The molecule has 0 spiro atoms. The van der Waals surface area contributed by atoms with Crippen LogP contribution in [0.2, 0.25) is 0 Å². The van der Waals surface area contributed by atoms with E-state index in [0.29, 0.717) is 17.8 Å². The van der Waals surface area contributed by atoms with Crippen molar-refractivity contribution in [2.45, 2.75) is 26.8 Å². The fourth-order valence-corrected chi connectivity index (χ4v) is 2.82. The first-order chi connectivity index (χ1) is 13.4. The summed E-state index contributed by atoms with van der Waals surface area (Å²) >= 11 is 0. The predicted molar refractivity (Wildman–Crippen MR) is 128 cm³/mol. The standard InChI is InChI=1S/C22H30N4O2.2ClH/c1-4-26(5-2)15-14-24-21(27)18-10-12-19(13-11-18)25-22(28)20(23)17-8-6-16(3)7-9-17;;/h6-13,20H,4-5,14-15,23H2,1-3H3,(H,24,27)(H,25,28);2*1H. The highest BCUT2D eigenvalue weighted by Gasteiger charge is 2.16. The van der Waals surface area contributed by atoms with Crippen LogP contribution in [-0.4, -0.2) is 42.9 Å².